The minimum Gasteiger partial charge on any atom is -0.450 e. The van der Waals surface area contributed by atoms with E-state index in [2.05, 4.69) is 12.2 Å². The summed E-state index contributed by atoms with van der Waals surface area (Å²) in [7, 11) is 0. The minimum atomic E-state index is -0.312. The third-order valence-corrected chi connectivity index (χ3v) is 4.76. The fourth-order valence-corrected chi connectivity index (χ4v) is 3.11. The highest BCUT2D eigenvalue weighted by molar-refractivity contribution is 5.67. The highest BCUT2D eigenvalue weighted by Crippen LogP contribution is 2.12. The number of carbonyl (C=O) groups excluding carboxylic acids is 1. The molecule has 0 saturated heterocycles. The van der Waals surface area contributed by atoms with E-state index in [1.54, 1.807) is 0 Å². The van der Waals surface area contributed by atoms with E-state index in [0.29, 0.717) is 13.2 Å². The average molecular weight is 362 g/mol. The van der Waals surface area contributed by atoms with Crippen LogP contribution in [-0.2, 0) is 11.3 Å². The maximum atomic E-state index is 11.6. The van der Waals surface area contributed by atoms with E-state index in [9.17, 15) is 4.79 Å². The van der Waals surface area contributed by atoms with Gasteiger partial charge in [-0.2, -0.15) is 0 Å². The summed E-state index contributed by atoms with van der Waals surface area (Å²) in [4.78, 5) is 11.6. The summed E-state index contributed by atoms with van der Waals surface area (Å²) in [5.74, 6) is 0. The van der Waals surface area contributed by atoms with Crippen LogP contribution in [0.2, 0.25) is 0 Å². The van der Waals surface area contributed by atoms with Crippen LogP contribution in [0.1, 0.15) is 96.0 Å². The van der Waals surface area contributed by atoms with Gasteiger partial charge in [0.05, 0.1) is 6.61 Å². The summed E-state index contributed by atoms with van der Waals surface area (Å²) in [5.41, 5.74) is 1.09. The normalized spacial score (nSPS) is 10.7. The van der Waals surface area contributed by atoms with Crippen LogP contribution in [0.25, 0.3) is 0 Å². The van der Waals surface area contributed by atoms with Crippen molar-refractivity contribution >= 4 is 6.09 Å². The number of unbranched alkanes of at least 4 members (excludes halogenated alkanes) is 12. The summed E-state index contributed by atoms with van der Waals surface area (Å²) in [6.07, 6.45) is 16.9. The van der Waals surface area contributed by atoms with Crippen molar-refractivity contribution < 1.29 is 9.53 Å². The Labute approximate surface area is 160 Å². The molecule has 0 heterocycles. The van der Waals surface area contributed by atoms with Crippen molar-refractivity contribution in [3.63, 3.8) is 0 Å². The van der Waals surface area contributed by atoms with Crippen LogP contribution in [0.5, 0.6) is 0 Å². The van der Waals surface area contributed by atoms with Crippen LogP contribution in [-0.4, -0.2) is 12.7 Å². The number of benzene rings is 1. The van der Waals surface area contributed by atoms with Gasteiger partial charge in [0.25, 0.3) is 0 Å². The van der Waals surface area contributed by atoms with E-state index in [-0.39, 0.29) is 6.09 Å². The highest BCUT2D eigenvalue weighted by atomic mass is 16.5. The number of hydrogen-bond acceptors (Lipinski definition) is 2. The molecule has 0 aliphatic heterocycles. The van der Waals surface area contributed by atoms with Gasteiger partial charge in [-0.15, -0.1) is 0 Å². The zero-order valence-electron chi connectivity index (χ0n) is 16.8. The second-order valence-corrected chi connectivity index (χ2v) is 7.22. The summed E-state index contributed by atoms with van der Waals surface area (Å²) >= 11 is 0. The van der Waals surface area contributed by atoms with Gasteiger partial charge < -0.3 is 10.1 Å². The molecule has 3 nitrogen and oxygen atoms in total. The molecule has 0 bridgehead atoms. The molecule has 0 aliphatic rings. The summed E-state index contributed by atoms with van der Waals surface area (Å²) < 4.78 is 5.21. The largest absolute Gasteiger partial charge is 0.450 e. The fraction of sp³-hybridized carbons (Fsp3) is 0.696. The Hall–Kier alpha value is -1.51. The van der Waals surface area contributed by atoms with Crippen molar-refractivity contribution in [2.24, 2.45) is 0 Å². The smallest absolute Gasteiger partial charge is 0.407 e. The second kappa shape index (κ2) is 16.9. The molecule has 0 spiro atoms. The van der Waals surface area contributed by atoms with E-state index >= 15 is 0 Å². The van der Waals surface area contributed by atoms with E-state index in [1.165, 1.54) is 70.6 Å². The van der Waals surface area contributed by atoms with E-state index in [0.717, 1.165) is 18.4 Å². The van der Waals surface area contributed by atoms with Crippen LogP contribution in [0.3, 0.4) is 0 Å². The molecule has 3 heteroatoms. The molecule has 0 fully saturated rings. The molecule has 0 atom stereocenters. The van der Waals surface area contributed by atoms with Crippen molar-refractivity contribution in [1.82, 2.24) is 5.32 Å². The van der Waals surface area contributed by atoms with Crippen LogP contribution >= 0.6 is 0 Å². The Bertz CT molecular complexity index is 433. The third kappa shape index (κ3) is 13.7. The van der Waals surface area contributed by atoms with Crippen molar-refractivity contribution in [2.45, 2.75) is 96.9 Å². The molecular weight excluding hydrogens is 322 g/mol. The number of hydrogen-bond donors (Lipinski definition) is 1. The average Bonchev–Trinajstić information content (AvgIpc) is 2.67. The lowest BCUT2D eigenvalue weighted by Crippen LogP contribution is -2.24. The monoisotopic (exact) mass is 361 g/mol. The minimum absolute atomic E-state index is 0.312. The lowest BCUT2D eigenvalue weighted by molar-refractivity contribution is 0.143. The van der Waals surface area contributed by atoms with E-state index in [4.69, 9.17) is 4.74 Å². The SMILES string of the molecule is CCCCCCCCCCCCCCCOC(=O)NCc1ccccc1. The second-order valence-electron chi connectivity index (χ2n) is 7.22. The molecule has 26 heavy (non-hydrogen) atoms. The predicted octanol–water partition coefficient (Wildman–Crippen LogP) is 7.00. The Kier molecular flexibility index (Phi) is 14.7. The fourth-order valence-electron chi connectivity index (χ4n) is 3.11. The molecule has 0 saturated carbocycles. The van der Waals surface area contributed by atoms with Crippen LogP contribution in [0.4, 0.5) is 4.79 Å². The summed E-state index contributed by atoms with van der Waals surface area (Å²) in [5, 5.41) is 2.78. The first-order valence-corrected chi connectivity index (χ1v) is 10.8. The van der Waals surface area contributed by atoms with Crippen molar-refractivity contribution in [3.05, 3.63) is 35.9 Å². The zero-order chi connectivity index (χ0) is 18.7. The molecule has 0 radical (unpaired) electrons. The van der Waals surface area contributed by atoms with Crippen molar-refractivity contribution in [3.8, 4) is 0 Å². The third-order valence-electron chi connectivity index (χ3n) is 4.76. The van der Waals surface area contributed by atoms with Gasteiger partial charge in [0, 0.05) is 6.54 Å². The molecule has 148 valence electrons. The summed E-state index contributed by atoms with van der Waals surface area (Å²) in [6.45, 7) is 3.32. The quantitative estimate of drug-likeness (QED) is 0.322. The highest BCUT2D eigenvalue weighted by Gasteiger charge is 2.01. The van der Waals surface area contributed by atoms with Crippen LogP contribution in [0.15, 0.2) is 30.3 Å². The van der Waals surface area contributed by atoms with Crippen LogP contribution in [0, 0.1) is 0 Å². The molecule has 1 rings (SSSR count). The number of alkyl carbamates (subject to hydrolysis) is 1. The molecule has 1 N–H and O–H groups in total. The van der Waals surface area contributed by atoms with E-state index in [1.807, 2.05) is 30.3 Å². The lowest BCUT2D eigenvalue weighted by Gasteiger charge is -2.07. The first kappa shape index (κ1) is 22.5. The van der Waals surface area contributed by atoms with Crippen LogP contribution < -0.4 is 5.32 Å². The van der Waals surface area contributed by atoms with Crippen molar-refractivity contribution in [2.75, 3.05) is 6.61 Å². The Morgan fingerprint density at radius 2 is 1.27 bits per heavy atom. The summed E-state index contributed by atoms with van der Waals surface area (Å²) in [6, 6.07) is 9.89. The molecule has 0 unspecified atom stereocenters. The zero-order valence-corrected chi connectivity index (χ0v) is 16.8. The number of amides is 1. The van der Waals surface area contributed by atoms with Crippen molar-refractivity contribution in [1.29, 1.82) is 0 Å². The number of rotatable bonds is 16. The first-order valence-electron chi connectivity index (χ1n) is 10.8. The van der Waals surface area contributed by atoms with Gasteiger partial charge in [-0.25, -0.2) is 4.79 Å². The molecular formula is C23H39NO2. The maximum Gasteiger partial charge on any atom is 0.407 e. The Balaban J connectivity index is 1.78. The van der Waals surface area contributed by atoms with Gasteiger partial charge in [0.1, 0.15) is 0 Å². The molecule has 1 aromatic rings. The molecule has 0 aromatic heterocycles. The molecule has 0 aliphatic carbocycles. The van der Waals surface area contributed by atoms with Gasteiger partial charge in [0.15, 0.2) is 0 Å². The van der Waals surface area contributed by atoms with Gasteiger partial charge in [-0.1, -0.05) is 114 Å². The Morgan fingerprint density at radius 3 is 1.81 bits per heavy atom. The van der Waals surface area contributed by atoms with E-state index < -0.39 is 0 Å². The van der Waals surface area contributed by atoms with Gasteiger partial charge >= 0.3 is 6.09 Å². The number of ether oxygens (including phenoxy) is 1. The maximum absolute atomic E-state index is 11.6. The first-order chi connectivity index (χ1) is 12.8. The van der Waals surface area contributed by atoms with Gasteiger partial charge in [0.2, 0.25) is 0 Å². The molecule has 1 amide bonds. The topological polar surface area (TPSA) is 38.3 Å². The predicted molar refractivity (Wildman–Crippen MR) is 110 cm³/mol. The number of carbonyl (C=O) groups is 1. The standard InChI is InChI=1S/C23H39NO2/c1-2-3-4-5-6-7-8-9-10-11-12-13-17-20-26-23(25)24-21-22-18-15-14-16-19-22/h14-16,18-19H,2-13,17,20-21H2,1H3,(H,24,25). The number of nitrogens with one attached hydrogen (secondary N) is 1. The lowest BCUT2D eigenvalue weighted by atomic mass is 10.0. The Morgan fingerprint density at radius 1 is 0.769 bits per heavy atom. The van der Waals surface area contributed by atoms with Gasteiger partial charge in [-0.3, -0.25) is 0 Å². The van der Waals surface area contributed by atoms with Gasteiger partial charge in [-0.05, 0) is 12.0 Å². The molecule has 1 aromatic carbocycles.